The van der Waals surface area contributed by atoms with Crippen LogP contribution in [0.4, 0.5) is 0 Å². The lowest BCUT2D eigenvalue weighted by atomic mass is 10.2. The first-order valence-electron chi connectivity index (χ1n) is 4.65. The minimum Gasteiger partial charge on any atom is -0.271 e. The second-order valence-electron chi connectivity index (χ2n) is 3.28. The van der Waals surface area contributed by atoms with Gasteiger partial charge in [0.1, 0.15) is 0 Å². The largest absolute Gasteiger partial charge is 0.277 e. The smallest absolute Gasteiger partial charge is 0.271 e. The summed E-state index contributed by atoms with van der Waals surface area (Å²) in [5.41, 5.74) is 1.48. The van der Waals surface area contributed by atoms with Gasteiger partial charge in [-0.2, -0.15) is 0 Å². The minimum absolute atomic E-state index is 0.0759. The van der Waals surface area contributed by atoms with Gasteiger partial charge in [-0.25, -0.2) is 5.06 Å². The summed E-state index contributed by atoms with van der Waals surface area (Å²) in [7, 11) is 0. The van der Waals surface area contributed by atoms with Crippen LogP contribution in [0.2, 0.25) is 0 Å². The van der Waals surface area contributed by atoms with Gasteiger partial charge < -0.3 is 0 Å². The predicted octanol–water partition coefficient (Wildman–Crippen LogP) is 1.17. The number of aromatic nitrogens is 1. The first-order chi connectivity index (χ1) is 6.77. The zero-order valence-electron chi connectivity index (χ0n) is 8.06. The quantitative estimate of drug-likeness (QED) is 0.670. The number of carbonyl (C=O) groups is 1. The van der Waals surface area contributed by atoms with Gasteiger partial charge in [0.05, 0.1) is 13.2 Å². The highest BCUT2D eigenvalue weighted by molar-refractivity contribution is 5.93. The second kappa shape index (κ2) is 3.75. The molecule has 2 heterocycles. The van der Waals surface area contributed by atoms with Gasteiger partial charge in [0, 0.05) is 17.5 Å². The molecule has 0 N–H and O–H groups in total. The molecule has 2 rings (SSSR count). The fourth-order valence-electron chi connectivity index (χ4n) is 1.43. The number of aryl methyl sites for hydroxylation is 1. The van der Waals surface area contributed by atoms with E-state index in [1.54, 1.807) is 18.3 Å². The molecule has 74 valence electrons. The Morgan fingerprint density at radius 3 is 3.14 bits per heavy atom. The standard InChI is InChI=1S/C10H12N2O2/c1-8-7-9(3-4-11-8)10(13)12-5-2-6-14-12/h3-4,7H,2,5-6H2,1H3. The van der Waals surface area contributed by atoms with E-state index < -0.39 is 0 Å². The lowest BCUT2D eigenvalue weighted by molar-refractivity contribution is -0.0768. The first kappa shape index (κ1) is 9.15. The van der Waals surface area contributed by atoms with Gasteiger partial charge in [-0.15, -0.1) is 0 Å². The molecule has 4 heteroatoms. The highest BCUT2D eigenvalue weighted by Gasteiger charge is 2.20. The summed E-state index contributed by atoms with van der Waals surface area (Å²) in [4.78, 5) is 21.0. The van der Waals surface area contributed by atoms with Crippen molar-refractivity contribution in [1.29, 1.82) is 0 Å². The summed E-state index contributed by atoms with van der Waals surface area (Å²) in [5, 5.41) is 1.41. The molecular weight excluding hydrogens is 180 g/mol. The Kier molecular flexibility index (Phi) is 2.45. The number of pyridine rings is 1. The Morgan fingerprint density at radius 1 is 1.64 bits per heavy atom. The van der Waals surface area contributed by atoms with Crippen LogP contribution in [0.15, 0.2) is 18.3 Å². The normalized spacial score (nSPS) is 15.9. The van der Waals surface area contributed by atoms with Crippen molar-refractivity contribution in [1.82, 2.24) is 10.0 Å². The van der Waals surface area contributed by atoms with E-state index >= 15 is 0 Å². The van der Waals surface area contributed by atoms with Crippen molar-refractivity contribution in [3.8, 4) is 0 Å². The van der Waals surface area contributed by atoms with E-state index in [4.69, 9.17) is 4.84 Å². The van der Waals surface area contributed by atoms with Crippen molar-refractivity contribution in [3.05, 3.63) is 29.6 Å². The molecule has 0 aliphatic carbocycles. The Balaban J connectivity index is 2.17. The van der Waals surface area contributed by atoms with Gasteiger partial charge in [0.2, 0.25) is 0 Å². The number of rotatable bonds is 1. The maximum absolute atomic E-state index is 11.8. The molecule has 1 aromatic rings. The van der Waals surface area contributed by atoms with E-state index in [9.17, 15) is 4.79 Å². The SMILES string of the molecule is Cc1cc(C(=O)N2CCCO2)ccn1. The predicted molar refractivity (Wildman–Crippen MR) is 50.6 cm³/mol. The van der Waals surface area contributed by atoms with E-state index in [1.807, 2.05) is 6.92 Å². The molecule has 0 unspecified atom stereocenters. The Bertz CT molecular complexity index is 346. The maximum Gasteiger partial charge on any atom is 0.277 e. The molecule has 1 fully saturated rings. The highest BCUT2D eigenvalue weighted by atomic mass is 16.7. The molecular formula is C10H12N2O2. The Hall–Kier alpha value is -1.42. The van der Waals surface area contributed by atoms with Crippen LogP contribution in [-0.4, -0.2) is 29.1 Å². The van der Waals surface area contributed by atoms with Gasteiger partial charge in [-0.05, 0) is 25.5 Å². The maximum atomic E-state index is 11.8. The van der Waals surface area contributed by atoms with Gasteiger partial charge in [0.15, 0.2) is 0 Å². The average molecular weight is 192 g/mol. The van der Waals surface area contributed by atoms with Crippen LogP contribution >= 0.6 is 0 Å². The zero-order valence-corrected chi connectivity index (χ0v) is 8.06. The average Bonchev–Trinajstić information content (AvgIpc) is 2.69. The molecule has 0 atom stereocenters. The Morgan fingerprint density at radius 2 is 2.50 bits per heavy atom. The summed E-state index contributed by atoms with van der Waals surface area (Å²) >= 11 is 0. The highest BCUT2D eigenvalue weighted by Crippen LogP contribution is 2.11. The van der Waals surface area contributed by atoms with Gasteiger partial charge in [0.25, 0.3) is 5.91 Å². The Labute approximate surface area is 82.5 Å². The van der Waals surface area contributed by atoms with E-state index in [2.05, 4.69) is 4.98 Å². The summed E-state index contributed by atoms with van der Waals surface area (Å²) in [6, 6.07) is 3.47. The number of hydrogen-bond acceptors (Lipinski definition) is 3. The minimum atomic E-state index is -0.0759. The number of hydroxylamine groups is 2. The third-order valence-electron chi connectivity index (χ3n) is 2.12. The third-order valence-corrected chi connectivity index (χ3v) is 2.12. The molecule has 1 aliphatic heterocycles. The van der Waals surface area contributed by atoms with Crippen LogP contribution in [0.5, 0.6) is 0 Å². The number of nitrogens with zero attached hydrogens (tertiary/aromatic N) is 2. The third kappa shape index (κ3) is 1.75. The molecule has 1 saturated heterocycles. The van der Waals surface area contributed by atoms with Crippen molar-refractivity contribution in [3.63, 3.8) is 0 Å². The summed E-state index contributed by atoms with van der Waals surface area (Å²) in [6.07, 6.45) is 2.55. The first-order valence-corrected chi connectivity index (χ1v) is 4.65. The van der Waals surface area contributed by atoms with E-state index in [0.29, 0.717) is 18.7 Å². The van der Waals surface area contributed by atoms with Crippen molar-refractivity contribution < 1.29 is 9.63 Å². The van der Waals surface area contributed by atoms with E-state index in [-0.39, 0.29) is 5.91 Å². The monoisotopic (exact) mass is 192 g/mol. The topological polar surface area (TPSA) is 42.4 Å². The zero-order chi connectivity index (χ0) is 9.97. The molecule has 14 heavy (non-hydrogen) atoms. The van der Waals surface area contributed by atoms with Crippen molar-refractivity contribution in [2.24, 2.45) is 0 Å². The molecule has 1 aromatic heterocycles. The van der Waals surface area contributed by atoms with Crippen LogP contribution in [0, 0.1) is 6.92 Å². The van der Waals surface area contributed by atoms with Crippen LogP contribution in [0.25, 0.3) is 0 Å². The van der Waals surface area contributed by atoms with E-state index in [0.717, 1.165) is 12.1 Å². The molecule has 0 aromatic carbocycles. The summed E-state index contributed by atoms with van der Waals surface area (Å²) in [5.74, 6) is -0.0759. The lowest BCUT2D eigenvalue weighted by Gasteiger charge is -2.13. The van der Waals surface area contributed by atoms with Crippen LogP contribution in [-0.2, 0) is 4.84 Å². The van der Waals surface area contributed by atoms with Crippen molar-refractivity contribution in [2.75, 3.05) is 13.2 Å². The van der Waals surface area contributed by atoms with Gasteiger partial charge in [-0.3, -0.25) is 14.6 Å². The number of amides is 1. The molecule has 4 nitrogen and oxygen atoms in total. The summed E-state index contributed by atoms with van der Waals surface area (Å²) < 4.78 is 0. The summed E-state index contributed by atoms with van der Waals surface area (Å²) in [6.45, 7) is 3.18. The molecule has 0 saturated carbocycles. The van der Waals surface area contributed by atoms with Crippen LogP contribution in [0.3, 0.4) is 0 Å². The van der Waals surface area contributed by atoms with Crippen LogP contribution in [0.1, 0.15) is 22.5 Å². The fraction of sp³-hybridized carbons (Fsp3) is 0.400. The molecule has 0 radical (unpaired) electrons. The van der Waals surface area contributed by atoms with Crippen molar-refractivity contribution >= 4 is 5.91 Å². The lowest BCUT2D eigenvalue weighted by Crippen LogP contribution is -2.26. The number of carbonyl (C=O) groups excluding carboxylic acids is 1. The molecule has 1 aliphatic rings. The molecule has 1 amide bonds. The fourth-order valence-corrected chi connectivity index (χ4v) is 1.43. The second-order valence-corrected chi connectivity index (χ2v) is 3.28. The van der Waals surface area contributed by atoms with Crippen LogP contribution < -0.4 is 0 Å². The number of hydrogen-bond donors (Lipinski definition) is 0. The van der Waals surface area contributed by atoms with E-state index in [1.165, 1.54) is 5.06 Å². The molecule has 0 spiro atoms. The van der Waals surface area contributed by atoms with Gasteiger partial charge in [-0.1, -0.05) is 0 Å². The van der Waals surface area contributed by atoms with Gasteiger partial charge >= 0.3 is 0 Å². The van der Waals surface area contributed by atoms with Crippen molar-refractivity contribution in [2.45, 2.75) is 13.3 Å². The molecule has 0 bridgehead atoms.